The van der Waals surface area contributed by atoms with Crippen LogP contribution in [0.2, 0.25) is 12.1 Å². The SMILES string of the molecule is CO[Si](C)(OC)C1CC2CC1C1C(=O)OC(=O)C21. The highest BCUT2D eigenvalue weighted by atomic mass is 28.4. The van der Waals surface area contributed by atoms with Crippen molar-refractivity contribution in [3.63, 3.8) is 0 Å². The van der Waals surface area contributed by atoms with Crippen LogP contribution < -0.4 is 0 Å². The standard InChI is InChI=1S/C12H18O5Si/c1-15-18(3,16-2)8-5-6-4-7(8)10-9(6)11(13)17-12(10)14/h6-10H,4-5H2,1-3H3. The lowest BCUT2D eigenvalue weighted by atomic mass is 9.81. The first-order chi connectivity index (χ1) is 8.51. The first-order valence-electron chi connectivity index (χ1n) is 6.37. The summed E-state index contributed by atoms with van der Waals surface area (Å²) >= 11 is 0. The van der Waals surface area contributed by atoms with Gasteiger partial charge in [0.05, 0.1) is 11.8 Å². The quantitative estimate of drug-likeness (QED) is 0.436. The molecule has 100 valence electrons. The van der Waals surface area contributed by atoms with Crippen molar-refractivity contribution in [2.75, 3.05) is 14.2 Å². The minimum Gasteiger partial charge on any atom is -0.398 e. The van der Waals surface area contributed by atoms with E-state index in [0.29, 0.717) is 0 Å². The number of hydrogen-bond donors (Lipinski definition) is 0. The molecule has 6 heteroatoms. The Morgan fingerprint density at radius 1 is 1.11 bits per heavy atom. The van der Waals surface area contributed by atoms with Crippen LogP contribution in [0, 0.1) is 23.7 Å². The van der Waals surface area contributed by atoms with E-state index in [9.17, 15) is 9.59 Å². The summed E-state index contributed by atoms with van der Waals surface area (Å²) in [6, 6.07) is 0. The van der Waals surface area contributed by atoms with Crippen molar-refractivity contribution in [3.05, 3.63) is 0 Å². The molecule has 1 aliphatic heterocycles. The Bertz CT molecular complexity index is 405. The van der Waals surface area contributed by atoms with E-state index in [1.165, 1.54) is 0 Å². The number of fused-ring (bicyclic) bond motifs is 5. The molecule has 0 spiro atoms. The fourth-order valence-electron chi connectivity index (χ4n) is 4.25. The van der Waals surface area contributed by atoms with Gasteiger partial charge in [-0.3, -0.25) is 9.59 Å². The van der Waals surface area contributed by atoms with E-state index in [0.717, 1.165) is 12.8 Å². The average molecular weight is 270 g/mol. The lowest BCUT2D eigenvalue weighted by Gasteiger charge is -2.37. The first-order valence-corrected chi connectivity index (χ1v) is 8.77. The Morgan fingerprint density at radius 2 is 1.72 bits per heavy atom. The van der Waals surface area contributed by atoms with Gasteiger partial charge < -0.3 is 13.6 Å². The molecule has 0 radical (unpaired) electrons. The Kier molecular flexibility index (Phi) is 2.66. The summed E-state index contributed by atoms with van der Waals surface area (Å²) in [5.74, 6) is -0.583. The highest BCUT2D eigenvalue weighted by Gasteiger charge is 2.66. The largest absolute Gasteiger partial charge is 0.398 e. The fraction of sp³-hybridized carbons (Fsp3) is 0.833. The van der Waals surface area contributed by atoms with Crippen LogP contribution in [0.4, 0.5) is 0 Å². The smallest absolute Gasteiger partial charge is 0.337 e. The number of carbonyl (C=O) groups is 2. The summed E-state index contributed by atoms with van der Waals surface area (Å²) in [5, 5.41) is 0. The lowest BCUT2D eigenvalue weighted by Crippen LogP contribution is -2.47. The summed E-state index contributed by atoms with van der Waals surface area (Å²) in [7, 11) is 1.11. The van der Waals surface area contributed by atoms with E-state index in [1.807, 2.05) is 6.55 Å². The summed E-state index contributed by atoms with van der Waals surface area (Å²) < 4.78 is 16.0. The summed E-state index contributed by atoms with van der Waals surface area (Å²) in [6.45, 7) is 2.04. The molecular weight excluding hydrogens is 252 g/mol. The number of esters is 2. The van der Waals surface area contributed by atoms with Gasteiger partial charge in [-0.2, -0.15) is 0 Å². The lowest BCUT2D eigenvalue weighted by molar-refractivity contribution is -0.154. The van der Waals surface area contributed by atoms with Crippen molar-refractivity contribution in [2.24, 2.45) is 23.7 Å². The molecule has 3 fully saturated rings. The average Bonchev–Trinajstić information content (AvgIpc) is 3.01. The number of ether oxygens (including phenoxy) is 1. The zero-order valence-electron chi connectivity index (χ0n) is 10.8. The van der Waals surface area contributed by atoms with Gasteiger partial charge in [-0.15, -0.1) is 0 Å². The van der Waals surface area contributed by atoms with E-state index in [-0.39, 0.29) is 41.2 Å². The zero-order chi connectivity index (χ0) is 13.1. The van der Waals surface area contributed by atoms with Crippen molar-refractivity contribution in [3.8, 4) is 0 Å². The van der Waals surface area contributed by atoms with Crippen molar-refractivity contribution in [2.45, 2.75) is 24.9 Å². The fourth-order valence-corrected chi connectivity index (χ4v) is 6.87. The maximum atomic E-state index is 11.8. The van der Waals surface area contributed by atoms with E-state index in [4.69, 9.17) is 13.6 Å². The van der Waals surface area contributed by atoms with Gasteiger partial charge in [-0.05, 0) is 31.2 Å². The second-order valence-corrected chi connectivity index (χ2v) is 9.31. The number of carbonyl (C=O) groups excluding carboxylic acids is 2. The van der Waals surface area contributed by atoms with Crippen LogP contribution in [-0.2, 0) is 23.2 Å². The number of hydrogen-bond acceptors (Lipinski definition) is 5. The minimum atomic E-state index is -2.25. The van der Waals surface area contributed by atoms with Gasteiger partial charge in [0.25, 0.3) is 0 Å². The Labute approximate surface area is 107 Å². The third kappa shape index (κ3) is 1.39. The molecule has 0 N–H and O–H groups in total. The second kappa shape index (κ2) is 3.88. The summed E-state index contributed by atoms with van der Waals surface area (Å²) in [6.07, 6.45) is 1.87. The first kappa shape index (κ1) is 12.3. The molecule has 1 saturated heterocycles. The van der Waals surface area contributed by atoms with Crippen molar-refractivity contribution in [1.29, 1.82) is 0 Å². The molecule has 3 rings (SSSR count). The molecule has 0 aromatic heterocycles. The highest BCUT2D eigenvalue weighted by Crippen LogP contribution is 2.62. The van der Waals surface area contributed by atoms with E-state index < -0.39 is 8.56 Å². The van der Waals surface area contributed by atoms with Crippen LogP contribution in [0.1, 0.15) is 12.8 Å². The molecule has 18 heavy (non-hydrogen) atoms. The number of cyclic esters (lactones) is 2. The monoisotopic (exact) mass is 270 g/mol. The van der Waals surface area contributed by atoms with Crippen LogP contribution >= 0.6 is 0 Å². The zero-order valence-corrected chi connectivity index (χ0v) is 11.8. The Balaban J connectivity index is 1.89. The van der Waals surface area contributed by atoms with E-state index in [2.05, 4.69) is 0 Å². The van der Waals surface area contributed by atoms with Gasteiger partial charge >= 0.3 is 20.5 Å². The molecule has 2 aliphatic carbocycles. The van der Waals surface area contributed by atoms with Crippen molar-refractivity contribution in [1.82, 2.24) is 0 Å². The predicted molar refractivity (Wildman–Crippen MR) is 63.7 cm³/mol. The molecule has 0 amide bonds. The molecule has 5 nitrogen and oxygen atoms in total. The van der Waals surface area contributed by atoms with E-state index >= 15 is 0 Å². The molecule has 2 saturated carbocycles. The Hall–Kier alpha value is -0.723. The van der Waals surface area contributed by atoms with Crippen LogP contribution in [0.3, 0.4) is 0 Å². The molecule has 2 bridgehead atoms. The van der Waals surface area contributed by atoms with Gasteiger partial charge in [0, 0.05) is 19.8 Å². The third-order valence-corrected chi connectivity index (χ3v) is 8.87. The van der Waals surface area contributed by atoms with Gasteiger partial charge in [0.15, 0.2) is 0 Å². The number of rotatable bonds is 3. The van der Waals surface area contributed by atoms with Crippen molar-refractivity contribution < 1.29 is 23.2 Å². The summed E-state index contributed by atoms with van der Waals surface area (Å²) in [4.78, 5) is 23.5. The molecule has 5 unspecified atom stereocenters. The van der Waals surface area contributed by atoms with Gasteiger partial charge in [-0.1, -0.05) is 0 Å². The van der Waals surface area contributed by atoms with E-state index in [1.54, 1.807) is 14.2 Å². The van der Waals surface area contributed by atoms with Gasteiger partial charge in [0.2, 0.25) is 0 Å². The molecular formula is C12H18O5Si. The minimum absolute atomic E-state index is 0.189. The molecule has 3 aliphatic rings. The van der Waals surface area contributed by atoms with Crippen LogP contribution in [0.5, 0.6) is 0 Å². The Morgan fingerprint density at radius 3 is 2.33 bits per heavy atom. The maximum absolute atomic E-state index is 11.8. The molecule has 1 heterocycles. The van der Waals surface area contributed by atoms with Crippen LogP contribution in [-0.4, -0.2) is 34.7 Å². The second-order valence-electron chi connectivity index (χ2n) is 5.72. The maximum Gasteiger partial charge on any atom is 0.337 e. The van der Waals surface area contributed by atoms with Crippen LogP contribution in [0.15, 0.2) is 0 Å². The topological polar surface area (TPSA) is 61.8 Å². The summed E-state index contributed by atoms with van der Waals surface area (Å²) in [5.41, 5.74) is 0.289. The van der Waals surface area contributed by atoms with Crippen molar-refractivity contribution >= 4 is 20.5 Å². The third-order valence-electron chi connectivity index (χ3n) is 5.23. The molecule has 0 aromatic rings. The van der Waals surface area contributed by atoms with Crippen LogP contribution in [0.25, 0.3) is 0 Å². The van der Waals surface area contributed by atoms with Gasteiger partial charge in [0.1, 0.15) is 0 Å². The van der Waals surface area contributed by atoms with Gasteiger partial charge in [-0.25, -0.2) is 0 Å². The molecule has 5 atom stereocenters. The molecule has 0 aromatic carbocycles. The predicted octanol–water partition coefficient (Wildman–Crippen LogP) is 1.08. The highest BCUT2D eigenvalue weighted by molar-refractivity contribution is 6.67. The normalized spacial score (nSPS) is 42.3.